The minimum absolute atomic E-state index is 0.0635. The van der Waals surface area contributed by atoms with Crippen molar-refractivity contribution in [2.75, 3.05) is 24.3 Å². The van der Waals surface area contributed by atoms with Crippen molar-refractivity contribution in [2.24, 2.45) is 0 Å². The molecule has 2 N–H and O–H groups in total. The number of pyridine rings is 1. The fourth-order valence-corrected chi connectivity index (χ4v) is 5.77. The highest BCUT2D eigenvalue weighted by Crippen LogP contribution is 2.48. The molecule has 2 aromatic rings. The van der Waals surface area contributed by atoms with Crippen LogP contribution in [0.15, 0.2) is 17.7 Å². The normalized spacial score (nSPS) is 19.5. The van der Waals surface area contributed by atoms with E-state index in [0.29, 0.717) is 22.7 Å². The van der Waals surface area contributed by atoms with Crippen molar-refractivity contribution < 1.29 is 4.74 Å². The van der Waals surface area contributed by atoms with Gasteiger partial charge in [0.15, 0.2) is 0 Å². The Morgan fingerprint density at radius 1 is 1.26 bits per heavy atom. The minimum Gasteiger partial charge on any atom is -0.496 e. The Balaban J connectivity index is 1.98. The molecule has 1 aliphatic heterocycles. The molecule has 34 heavy (non-hydrogen) atoms. The average Bonchev–Trinajstić information content (AvgIpc) is 3.04. The van der Waals surface area contributed by atoms with E-state index in [9.17, 15) is 10.5 Å². The number of anilines is 2. The first-order valence-electron chi connectivity index (χ1n) is 11.6. The van der Waals surface area contributed by atoms with E-state index in [-0.39, 0.29) is 11.4 Å². The van der Waals surface area contributed by atoms with E-state index in [1.807, 2.05) is 13.8 Å². The molecular weight excluding hydrogens is 422 g/mol. The second kappa shape index (κ2) is 8.22. The van der Waals surface area contributed by atoms with Gasteiger partial charge in [0.1, 0.15) is 23.7 Å². The van der Waals surface area contributed by atoms with Gasteiger partial charge in [-0.15, -0.1) is 0 Å². The van der Waals surface area contributed by atoms with Crippen molar-refractivity contribution in [1.29, 1.82) is 10.5 Å². The lowest BCUT2D eigenvalue weighted by atomic mass is 9.79. The van der Waals surface area contributed by atoms with Crippen molar-refractivity contribution in [1.82, 2.24) is 4.98 Å². The summed E-state index contributed by atoms with van der Waals surface area (Å²) in [5.41, 5.74) is 14.2. The molecule has 0 saturated heterocycles. The molecule has 0 spiro atoms. The first-order chi connectivity index (χ1) is 16.1. The maximum absolute atomic E-state index is 9.86. The Labute approximate surface area is 202 Å². The van der Waals surface area contributed by atoms with Gasteiger partial charge in [0.05, 0.1) is 23.9 Å². The summed E-state index contributed by atoms with van der Waals surface area (Å²) in [6.07, 6.45) is 3.12. The highest BCUT2D eigenvalue weighted by molar-refractivity contribution is 6.09. The van der Waals surface area contributed by atoms with Gasteiger partial charge in [0.2, 0.25) is 0 Å². The lowest BCUT2D eigenvalue weighted by Crippen LogP contribution is -2.48. The van der Waals surface area contributed by atoms with E-state index in [1.54, 1.807) is 7.11 Å². The highest BCUT2D eigenvalue weighted by atomic mass is 16.5. The predicted molar refractivity (Wildman–Crippen MR) is 137 cm³/mol. The maximum Gasteiger partial charge on any atom is 0.142 e. The molecule has 1 aliphatic carbocycles. The number of nitrogens with zero attached hydrogens (tertiary/aromatic N) is 4. The summed E-state index contributed by atoms with van der Waals surface area (Å²) >= 11 is 0. The molecule has 6 heteroatoms. The van der Waals surface area contributed by atoms with Gasteiger partial charge in [-0.3, -0.25) is 0 Å². The number of aromatic nitrogens is 1. The summed E-state index contributed by atoms with van der Waals surface area (Å²) in [4.78, 5) is 6.88. The van der Waals surface area contributed by atoms with Gasteiger partial charge in [0.25, 0.3) is 0 Å². The lowest BCUT2D eigenvalue weighted by Gasteiger charge is -2.47. The molecule has 1 atom stereocenters. The smallest absolute Gasteiger partial charge is 0.142 e. The van der Waals surface area contributed by atoms with Crippen LogP contribution >= 0.6 is 0 Å². The first-order valence-corrected chi connectivity index (χ1v) is 11.6. The zero-order chi connectivity index (χ0) is 24.9. The number of nitrogens with two attached hydrogens (primary N) is 1. The van der Waals surface area contributed by atoms with Crippen molar-refractivity contribution in [3.8, 4) is 17.9 Å². The molecule has 2 heterocycles. The average molecular weight is 454 g/mol. The minimum atomic E-state index is 0.0635. The first kappa shape index (κ1) is 23.4. The summed E-state index contributed by atoms with van der Waals surface area (Å²) in [6.45, 7) is 13.7. The van der Waals surface area contributed by atoms with Gasteiger partial charge in [-0.05, 0) is 81.4 Å². The Kier molecular flexibility index (Phi) is 5.66. The molecule has 1 aromatic carbocycles. The summed E-state index contributed by atoms with van der Waals surface area (Å²) in [5.74, 6) is 1.32. The Morgan fingerprint density at radius 3 is 2.56 bits per heavy atom. The SMILES string of the molecule is CCN1c2cc(OC)c(/C=C3\C(C)=C(C#N)c4nc(N)c(C#N)c(C)c43)cc2C(C)CC1(C)C. The third kappa shape index (κ3) is 3.33. The number of rotatable bonds is 3. The number of ether oxygens (including phenoxy) is 1. The van der Waals surface area contributed by atoms with Gasteiger partial charge in [-0.25, -0.2) is 4.98 Å². The third-order valence-corrected chi connectivity index (χ3v) is 7.34. The molecular formula is C28H31N5O. The molecule has 2 aliphatic rings. The van der Waals surface area contributed by atoms with Crippen LogP contribution in [0.3, 0.4) is 0 Å². The third-order valence-electron chi connectivity index (χ3n) is 7.34. The highest BCUT2D eigenvalue weighted by Gasteiger charge is 2.36. The van der Waals surface area contributed by atoms with Gasteiger partial charge < -0.3 is 15.4 Å². The molecule has 4 rings (SSSR count). The maximum atomic E-state index is 9.86. The van der Waals surface area contributed by atoms with E-state index in [2.05, 4.69) is 67.9 Å². The molecule has 0 radical (unpaired) electrons. The molecule has 174 valence electrons. The summed E-state index contributed by atoms with van der Waals surface area (Å²) in [7, 11) is 1.69. The van der Waals surface area contributed by atoms with Crippen LogP contribution in [0.4, 0.5) is 11.5 Å². The number of hydrogen-bond donors (Lipinski definition) is 1. The molecule has 1 aromatic heterocycles. The molecule has 0 saturated carbocycles. The number of nitrogen functional groups attached to an aromatic ring is 1. The van der Waals surface area contributed by atoms with E-state index in [0.717, 1.165) is 46.6 Å². The molecule has 6 nitrogen and oxygen atoms in total. The van der Waals surface area contributed by atoms with Crippen LogP contribution in [-0.2, 0) is 0 Å². The second-order valence-electron chi connectivity index (χ2n) is 9.82. The van der Waals surface area contributed by atoms with E-state index >= 15 is 0 Å². The zero-order valence-electron chi connectivity index (χ0n) is 21.0. The van der Waals surface area contributed by atoms with Crippen LogP contribution < -0.4 is 15.4 Å². The molecule has 0 fully saturated rings. The van der Waals surface area contributed by atoms with Crippen LogP contribution in [-0.4, -0.2) is 24.2 Å². The number of methoxy groups -OCH3 is 1. The van der Waals surface area contributed by atoms with Crippen molar-refractivity contribution in [3.63, 3.8) is 0 Å². The lowest BCUT2D eigenvalue weighted by molar-refractivity contribution is 0.377. The topological polar surface area (TPSA) is 99.0 Å². The van der Waals surface area contributed by atoms with Crippen LogP contribution in [0.1, 0.15) is 80.5 Å². The quantitative estimate of drug-likeness (QED) is 0.629. The Bertz CT molecular complexity index is 1350. The number of allylic oxidation sites excluding steroid dienone is 3. The summed E-state index contributed by atoms with van der Waals surface area (Å²) < 4.78 is 5.85. The fraction of sp³-hybridized carbons (Fsp3) is 0.393. The van der Waals surface area contributed by atoms with Crippen LogP contribution in [0.5, 0.6) is 5.75 Å². The number of hydrogen-bond acceptors (Lipinski definition) is 6. The van der Waals surface area contributed by atoms with Crippen molar-refractivity contribution in [3.05, 3.63) is 51.2 Å². The van der Waals surface area contributed by atoms with E-state index in [1.165, 1.54) is 11.3 Å². The zero-order valence-corrected chi connectivity index (χ0v) is 21.0. The standard InChI is InChI=1S/C28H31N5O/c1-8-33-23-11-24(34-7)18(9-19(23)15(2)12-28(33,5)6)10-20-16(3)21(13-29)26-25(20)17(4)22(14-30)27(31)32-26/h9-11,15H,8,12H2,1-7H3,(H2,31,32)/b20-10+. The van der Waals surface area contributed by atoms with Crippen molar-refractivity contribution >= 4 is 28.7 Å². The Hall–Kier alpha value is -3.77. The molecule has 0 bridgehead atoms. The van der Waals surface area contributed by atoms with Crippen LogP contribution in [0, 0.1) is 29.6 Å². The second-order valence-corrected chi connectivity index (χ2v) is 9.82. The monoisotopic (exact) mass is 453 g/mol. The fourth-order valence-electron chi connectivity index (χ4n) is 5.77. The number of fused-ring (bicyclic) bond motifs is 2. The predicted octanol–water partition coefficient (Wildman–Crippen LogP) is 5.82. The molecule has 1 unspecified atom stereocenters. The van der Waals surface area contributed by atoms with Gasteiger partial charge in [0, 0.05) is 35.0 Å². The van der Waals surface area contributed by atoms with E-state index in [4.69, 9.17) is 10.5 Å². The Morgan fingerprint density at radius 2 is 1.97 bits per heavy atom. The van der Waals surface area contributed by atoms with Gasteiger partial charge in [-0.1, -0.05) is 6.92 Å². The number of benzene rings is 1. The van der Waals surface area contributed by atoms with Gasteiger partial charge in [-0.2, -0.15) is 10.5 Å². The summed E-state index contributed by atoms with van der Waals surface area (Å²) in [5, 5.41) is 19.5. The van der Waals surface area contributed by atoms with Crippen LogP contribution in [0.25, 0.3) is 17.2 Å². The van der Waals surface area contributed by atoms with Crippen LogP contribution in [0.2, 0.25) is 0 Å². The van der Waals surface area contributed by atoms with Gasteiger partial charge >= 0.3 is 0 Å². The molecule has 0 amide bonds. The number of nitriles is 2. The summed E-state index contributed by atoms with van der Waals surface area (Å²) in [6, 6.07) is 8.80. The van der Waals surface area contributed by atoms with E-state index < -0.39 is 0 Å². The van der Waals surface area contributed by atoms with Crippen molar-refractivity contribution in [2.45, 2.75) is 59.4 Å². The largest absolute Gasteiger partial charge is 0.496 e.